The molecule has 1 aromatic rings. The number of carbonyl (C=O) groups excluding carboxylic acids is 2. The van der Waals surface area contributed by atoms with Gasteiger partial charge in [0.2, 0.25) is 0 Å². The first-order valence-electron chi connectivity index (χ1n) is 9.24. The standard InChI is InChI=1S/C18H22ClFN4O6/c1-18(2,3)30-16(26)22-10-7-29-5-4-9(10)21-14-12(20)8-6-24(17(27)28)15(25)11(8)13(19)23-14/h9-10H,4-7H2,1-3H3,(H,21,23)(H,22,26)(H,27,28)/t9-,10+/m1/s1. The van der Waals surface area contributed by atoms with Gasteiger partial charge in [0.1, 0.15) is 10.8 Å². The Kier molecular flexibility index (Phi) is 6.04. The van der Waals surface area contributed by atoms with Gasteiger partial charge < -0.3 is 25.2 Å². The van der Waals surface area contributed by atoms with Gasteiger partial charge in [-0.15, -0.1) is 0 Å². The summed E-state index contributed by atoms with van der Waals surface area (Å²) in [6, 6.07) is -1.01. The minimum atomic E-state index is -1.51. The fourth-order valence-electron chi connectivity index (χ4n) is 3.25. The van der Waals surface area contributed by atoms with Crippen molar-refractivity contribution in [3.63, 3.8) is 0 Å². The molecule has 2 atom stereocenters. The van der Waals surface area contributed by atoms with Crippen LogP contribution < -0.4 is 10.6 Å². The number of ether oxygens (including phenoxy) is 2. The average molecular weight is 445 g/mol. The molecule has 0 unspecified atom stereocenters. The van der Waals surface area contributed by atoms with E-state index in [-0.39, 0.29) is 28.7 Å². The Morgan fingerprint density at radius 3 is 2.70 bits per heavy atom. The third-order valence-electron chi connectivity index (χ3n) is 4.58. The normalized spacial score (nSPS) is 21.2. The molecular formula is C18H22ClFN4O6. The lowest BCUT2D eigenvalue weighted by molar-refractivity contribution is 0.0317. The molecule has 0 bridgehead atoms. The van der Waals surface area contributed by atoms with Crippen molar-refractivity contribution in [2.45, 2.75) is 51.4 Å². The highest BCUT2D eigenvalue weighted by molar-refractivity contribution is 6.33. The first-order valence-corrected chi connectivity index (χ1v) is 9.62. The van der Waals surface area contributed by atoms with Gasteiger partial charge in [-0.1, -0.05) is 11.6 Å². The van der Waals surface area contributed by atoms with Crippen LogP contribution in [0.2, 0.25) is 5.15 Å². The molecule has 3 heterocycles. The Bertz CT molecular complexity index is 890. The highest BCUT2D eigenvalue weighted by atomic mass is 35.5. The SMILES string of the molecule is CC(C)(C)OC(=O)N[C@H]1COCC[C@H]1Nc1nc(Cl)c2c(c1F)CN(C(=O)O)C2=O. The van der Waals surface area contributed by atoms with E-state index in [1.807, 2.05) is 0 Å². The van der Waals surface area contributed by atoms with Crippen molar-refractivity contribution in [3.8, 4) is 0 Å². The van der Waals surface area contributed by atoms with Gasteiger partial charge in [0, 0.05) is 12.2 Å². The number of imide groups is 1. The number of carboxylic acid groups (broad SMARTS) is 1. The van der Waals surface area contributed by atoms with Gasteiger partial charge >= 0.3 is 12.2 Å². The molecule has 3 N–H and O–H groups in total. The van der Waals surface area contributed by atoms with E-state index in [4.69, 9.17) is 26.2 Å². The molecule has 2 aliphatic rings. The number of aromatic nitrogens is 1. The number of carbonyl (C=O) groups is 3. The minimum Gasteiger partial charge on any atom is -0.465 e. The molecule has 3 rings (SSSR count). The maximum absolute atomic E-state index is 15.0. The molecule has 30 heavy (non-hydrogen) atoms. The number of fused-ring (bicyclic) bond motifs is 1. The van der Waals surface area contributed by atoms with E-state index in [9.17, 15) is 14.4 Å². The number of halogens is 2. The van der Waals surface area contributed by atoms with Crippen LogP contribution in [0.4, 0.5) is 19.8 Å². The lowest BCUT2D eigenvalue weighted by Crippen LogP contribution is -2.53. The van der Waals surface area contributed by atoms with Crippen LogP contribution >= 0.6 is 11.6 Å². The Morgan fingerprint density at radius 2 is 2.07 bits per heavy atom. The molecule has 0 radical (unpaired) electrons. The molecule has 1 aromatic heterocycles. The van der Waals surface area contributed by atoms with Crippen LogP contribution in [0.3, 0.4) is 0 Å². The summed E-state index contributed by atoms with van der Waals surface area (Å²) in [7, 11) is 0. The lowest BCUT2D eigenvalue weighted by Gasteiger charge is -2.33. The first kappa shape index (κ1) is 22.0. The highest BCUT2D eigenvalue weighted by Gasteiger charge is 2.39. The summed E-state index contributed by atoms with van der Waals surface area (Å²) < 4.78 is 25.7. The molecule has 1 saturated heterocycles. The maximum atomic E-state index is 15.0. The number of hydrogen-bond donors (Lipinski definition) is 3. The molecule has 0 aromatic carbocycles. The molecule has 10 nitrogen and oxygen atoms in total. The van der Waals surface area contributed by atoms with E-state index in [0.717, 1.165) is 0 Å². The summed E-state index contributed by atoms with van der Waals surface area (Å²) in [6.07, 6.45) is -1.73. The van der Waals surface area contributed by atoms with Gasteiger partial charge in [-0.2, -0.15) is 0 Å². The van der Waals surface area contributed by atoms with Crippen molar-refractivity contribution < 1.29 is 33.4 Å². The zero-order valence-electron chi connectivity index (χ0n) is 16.6. The van der Waals surface area contributed by atoms with Gasteiger partial charge in [0.15, 0.2) is 11.6 Å². The second-order valence-electron chi connectivity index (χ2n) is 7.96. The third kappa shape index (κ3) is 4.57. The van der Waals surface area contributed by atoms with Crippen LogP contribution in [0.1, 0.15) is 43.1 Å². The monoisotopic (exact) mass is 444 g/mol. The van der Waals surface area contributed by atoms with E-state index in [0.29, 0.717) is 17.9 Å². The molecule has 12 heteroatoms. The van der Waals surface area contributed by atoms with E-state index in [1.165, 1.54) is 0 Å². The molecule has 2 aliphatic heterocycles. The summed E-state index contributed by atoms with van der Waals surface area (Å²) in [5.74, 6) is -2.02. The van der Waals surface area contributed by atoms with Crippen LogP contribution in [0.25, 0.3) is 0 Å². The van der Waals surface area contributed by atoms with Gasteiger partial charge in [0.25, 0.3) is 5.91 Å². The molecule has 1 fully saturated rings. The minimum absolute atomic E-state index is 0.145. The molecule has 0 aliphatic carbocycles. The molecule has 0 spiro atoms. The van der Waals surface area contributed by atoms with E-state index in [1.54, 1.807) is 20.8 Å². The maximum Gasteiger partial charge on any atom is 0.414 e. The Balaban J connectivity index is 1.81. The third-order valence-corrected chi connectivity index (χ3v) is 4.85. The summed E-state index contributed by atoms with van der Waals surface area (Å²) in [5.41, 5.74) is -1.10. The van der Waals surface area contributed by atoms with Crippen molar-refractivity contribution in [3.05, 3.63) is 22.1 Å². The van der Waals surface area contributed by atoms with Crippen LogP contribution in [-0.2, 0) is 16.0 Å². The van der Waals surface area contributed by atoms with Gasteiger partial charge in [-0.25, -0.2) is 23.9 Å². The van der Waals surface area contributed by atoms with Crippen molar-refractivity contribution in [1.29, 1.82) is 0 Å². The second kappa shape index (κ2) is 8.23. The zero-order valence-corrected chi connectivity index (χ0v) is 17.4. The van der Waals surface area contributed by atoms with Crippen molar-refractivity contribution >= 4 is 35.5 Å². The predicted molar refractivity (Wildman–Crippen MR) is 103 cm³/mol. The number of anilines is 1. The van der Waals surface area contributed by atoms with Crippen LogP contribution in [-0.4, -0.2) is 64.0 Å². The summed E-state index contributed by atoms with van der Waals surface area (Å²) in [4.78, 5) is 39.8. The van der Waals surface area contributed by atoms with Gasteiger partial charge in [-0.3, -0.25) is 4.79 Å². The number of amides is 3. The smallest absolute Gasteiger partial charge is 0.414 e. The molecule has 164 valence electrons. The van der Waals surface area contributed by atoms with E-state index in [2.05, 4.69) is 15.6 Å². The quantitative estimate of drug-likeness (QED) is 0.606. The average Bonchev–Trinajstić information content (AvgIpc) is 2.98. The molecular weight excluding hydrogens is 423 g/mol. The van der Waals surface area contributed by atoms with Crippen molar-refractivity contribution in [2.75, 3.05) is 18.5 Å². The summed E-state index contributed by atoms with van der Waals surface area (Å²) in [5, 5.41) is 14.4. The Hall–Kier alpha value is -2.66. The van der Waals surface area contributed by atoms with E-state index < -0.39 is 48.1 Å². The van der Waals surface area contributed by atoms with Gasteiger partial charge in [-0.05, 0) is 27.2 Å². The fourth-order valence-corrected chi connectivity index (χ4v) is 3.53. The van der Waals surface area contributed by atoms with Crippen LogP contribution in [0.15, 0.2) is 0 Å². The lowest BCUT2D eigenvalue weighted by atomic mass is 10.0. The van der Waals surface area contributed by atoms with Crippen LogP contribution in [0, 0.1) is 5.82 Å². The Labute approximate surface area is 176 Å². The number of nitrogens with zero attached hydrogens (tertiary/aromatic N) is 2. The van der Waals surface area contributed by atoms with Gasteiger partial charge in [0.05, 0.1) is 30.8 Å². The van der Waals surface area contributed by atoms with Crippen molar-refractivity contribution in [1.82, 2.24) is 15.2 Å². The summed E-state index contributed by atoms with van der Waals surface area (Å²) >= 11 is 6.05. The molecule has 0 saturated carbocycles. The summed E-state index contributed by atoms with van der Waals surface area (Å²) in [6.45, 7) is 5.27. The zero-order chi connectivity index (χ0) is 22.2. The number of alkyl carbamates (subject to hydrolysis) is 1. The number of hydrogen-bond acceptors (Lipinski definition) is 7. The predicted octanol–water partition coefficient (Wildman–Crippen LogP) is 2.60. The fraction of sp³-hybridized carbons (Fsp3) is 0.556. The number of pyridine rings is 1. The largest absolute Gasteiger partial charge is 0.465 e. The Morgan fingerprint density at radius 1 is 1.37 bits per heavy atom. The highest BCUT2D eigenvalue weighted by Crippen LogP contribution is 2.34. The number of nitrogens with one attached hydrogen (secondary N) is 2. The van der Waals surface area contributed by atoms with Crippen molar-refractivity contribution in [2.24, 2.45) is 0 Å². The first-order chi connectivity index (χ1) is 14.0. The molecule has 3 amide bonds. The number of rotatable bonds is 3. The topological polar surface area (TPSA) is 130 Å². The van der Waals surface area contributed by atoms with Crippen LogP contribution in [0.5, 0.6) is 0 Å². The van der Waals surface area contributed by atoms with E-state index >= 15 is 4.39 Å². The second-order valence-corrected chi connectivity index (χ2v) is 8.32.